The molecular weight excluding hydrogens is 308 g/mol. The molecule has 0 aromatic rings. The van der Waals surface area contributed by atoms with Crippen LogP contribution in [0.3, 0.4) is 0 Å². The SMILES string of the molecule is CC(=O)SCCC(F)(F)C(F)(F)C(F)(F)CC(F)F. The lowest BCUT2D eigenvalue weighted by Gasteiger charge is -2.32. The maximum absolute atomic E-state index is 13.0. The molecule has 0 bridgehead atoms. The van der Waals surface area contributed by atoms with Gasteiger partial charge in [0.05, 0.1) is 6.42 Å². The van der Waals surface area contributed by atoms with Crippen LogP contribution in [0.15, 0.2) is 0 Å². The van der Waals surface area contributed by atoms with E-state index in [-0.39, 0.29) is 11.8 Å². The summed E-state index contributed by atoms with van der Waals surface area (Å²) in [6.45, 7) is 0.979. The van der Waals surface area contributed by atoms with Crippen molar-refractivity contribution in [2.24, 2.45) is 0 Å². The minimum Gasteiger partial charge on any atom is -0.288 e. The van der Waals surface area contributed by atoms with Crippen LogP contribution in [-0.4, -0.2) is 35.1 Å². The summed E-state index contributed by atoms with van der Waals surface area (Å²) in [7, 11) is 0. The van der Waals surface area contributed by atoms with Crippen molar-refractivity contribution in [3.05, 3.63) is 0 Å². The van der Waals surface area contributed by atoms with Gasteiger partial charge in [-0.25, -0.2) is 8.78 Å². The molecule has 0 heterocycles. The van der Waals surface area contributed by atoms with E-state index in [0.29, 0.717) is 0 Å². The number of thioether (sulfide) groups is 1. The van der Waals surface area contributed by atoms with Crippen LogP contribution in [0.2, 0.25) is 0 Å². The molecule has 19 heavy (non-hydrogen) atoms. The number of hydrogen-bond acceptors (Lipinski definition) is 2. The van der Waals surface area contributed by atoms with E-state index in [1.54, 1.807) is 0 Å². The maximum atomic E-state index is 13.0. The number of carbonyl (C=O) groups excluding carboxylic acids is 1. The summed E-state index contributed by atoms with van der Waals surface area (Å²) < 4.78 is 101. The van der Waals surface area contributed by atoms with Crippen molar-refractivity contribution in [3.63, 3.8) is 0 Å². The van der Waals surface area contributed by atoms with E-state index in [1.165, 1.54) is 0 Å². The molecular formula is C9H10F8OS. The highest BCUT2D eigenvalue weighted by Gasteiger charge is 2.71. The smallest absolute Gasteiger partial charge is 0.288 e. The van der Waals surface area contributed by atoms with Gasteiger partial charge in [0.1, 0.15) is 0 Å². The monoisotopic (exact) mass is 318 g/mol. The number of carbonyl (C=O) groups is 1. The molecule has 0 fully saturated rings. The summed E-state index contributed by atoms with van der Waals surface area (Å²) in [6.07, 6.45) is -8.22. The summed E-state index contributed by atoms with van der Waals surface area (Å²) in [6, 6.07) is 0. The van der Waals surface area contributed by atoms with Gasteiger partial charge in [-0.15, -0.1) is 0 Å². The van der Waals surface area contributed by atoms with Crippen molar-refractivity contribution in [3.8, 4) is 0 Å². The topological polar surface area (TPSA) is 17.1 Å². The summed E-state index contributed by atoms with van der Waals surface area (Å²) in [5, 5.41) is -0.654. The van der Waals surface area contributed by atoms with Crippen molar-refractivity contribution in [2.75, 3.05) is 5.75 Å². The molecule has 0 aromatic heterocycles. The third-order valence-corrected chi connectivity index (χ3v) is 2.87. The lowest BCUT2D eigenvalue weighted by molar-refractivity contribution is -0.316. The highest BCUT2D eigenvalue weighted by molar-refractivity contribution is 8.13. The largest absolute Gasteiger partial charge is 0.372 e. The lowest BCUT2D eigenvalue weighted by atomic mass is 10.00. The van der Waals surface area contributed by atoms with Gasteiger partial charge in [0.25, 0.3) is 0 Å². The first-order chi connectivity index (χ1) is 8.33. The van der Waals surface area contributed by atoms with Crippen LogP contribution in [0, 0.1) is 0 Å². The maximum Gasteiger partial charge on any atom is 0.372 e. The Morgan fingerprint density at radius 3 is 1.89 bits per heavy atom. The van der Waals surface area contributed by atoms with E-state index in [1.807, 2.05) is 0 Å². The Morgan fingerprint density at radius 1 is 1.05 bits per heavy atom. The molecule has 10 heteroatoms. The predicted octanol–water partition coefficient (Wildman–Crippen LogP) is 4.22. The molecule has 0 aromatic carbocycles. The normalized spacial score (nSPS) is 14.0. The van der Waals surface area contributed by atoms with Crippen molar-refractivity contribution in [1.29, 1.82) is 0 Å². The van der Waals surface area contributed by atoms with E-state index in [2.05, 4.69) is 0 Å². The molecule has 0 amide bonds. The van der Waals surface area contributed by atoms with Crippen molar-refractivity contribution in [1.82, 2.24) is 0 Å². The van der Waals surface area contributed by atoms with Gasteiger partial charge >= 0.3 is 17.8 Å². The van der Waals surface area contributed by atoms with E-state index in [4.69, 9.17) is 0 Å². The van der Waals surface area contributed by atoms with E-state index >= 15 is 0 Å². The third kappa shape index (κ3) is 4.81. The zero-order valence-electron chi connectivity index (χ0n) is 9.54. The van der Waals surface area contributed by atoms with Crippen LogP contribution in [0.1, 0.15) is 19.8 Å². The van der Waals surface area contributed by atoms with Gasteiger partial charge in [-0.2, -0.15) is 26.3 Å². The average Bonchev–Trinajstić information content (AvgIpc) is 2.13. The highest BCUT2D eigenvalue weighted by Crippen LogP contribution is 2.49. The van der Waals surface area contributed by atoms with E-state index in [9.17, 15) is 39.9 Å². The molecule has 0 aliphatic heterocycles. The van der Waals surface area contributed by atoms with Crippen LogP contribution in [0.5, 0.6) is 0 Å². The predicted molar refractivity (Wildman–Crippen MR) is 53.2 cm³/mol. The first-order valence-electron chi connectivity index (χ1n) is 4.88. The number of halogens is 8. The second kappa shape index (κ2) is 6.27. The second-order valence-electron chi connectivity index (χ2n) is 3.67. The summed E-state index contributed by atoms with van der Waals surface area (Å²) in [5.74, 6) is -17.4. The number of alkyl halides is 8. The van der Waals surface area contributed by atoms with Crippen LogP contribution in [-0.2, 0) is 4.79 Å². The summed E-state index contributed by atoms with van der Waals surface area (Å²) in [4.78, 5) is 10.4. The first kappa shape index (κ1) is 18.5. The van der Waals surface area contributed by atoms with E-state index in [0.717, 1.165) is 6.92 Å². The Balaban J connectivity index is 4.88. The van der Waals surface area contributed by atoms with Gasteiger partial charge in [0, 0.05) is 19.1 Å². The summed E-state index contributed by atoms with van der Waals surface area (Å²) in [5.41, 5.74) is 0. The summed E-state index contributed by atoms with van der Waals surface area (Å²) >= 11 is 0.253. The standard InChI is InChI=1S/C9H10F8OS/c1-5(18)19-3-2-7(12,13)9(16,17)8(14,15)4-6(10)11/h6H,2-4H2,1H3. The first-order valence-corrected chi connectivity index (χ1v) is 5.87. The molecule has 0 aliphatic rings. The van der Waals surface area contributed by atoms with Crippen molar-refractivity contribution < 1.29 is 39.9 Å². The molecule has 0 rings (SSSR count). The molecule has 0 radical (unpaired) electrons. The lowest BCUT2D eigenvalue weighted by Crippen LogP contribution is -2.55. The van der Waals surface area contributed by atoms with Crippen molar-refractivity contribution in [2.45, 2.75) is 44.0 Å². The zero-order valence-corrected chi connectivity index (χ0v) is 10.4. The van der Waals surface area contributed by atoms with Crippen molar-refractivity contribution >= 4 is 16.9 Å². The Kier molecular flexibility index (Phi) is 6.10. The fourth-order valence-electron chi connectivity index (χ4n) is 1.07. The fourth-order valence-corrected chi connectivity index (χ4v) is 1.72. The highest BCUT2D eigenvalue weighted by atomic mass is 32.2. The van der Waals surface area contributed by atoms with Gasteiger partial charge in [0.15, 0.2) is 5.12 Å². The van der Waals surface area contributed by atoms with Crippen LogP contribution in [0.4, 0.5) is 35.1 Å². The fraction of sp³-hybridized carbons (Fsp3) is 0.889. The minimum atomic E-state index is -5.91. The zero-order chi connectivity index (χ0) is 15.5. The molecule has 0 unspecified atom stereocenters. The average molecular weight is 318 g/mol. The quantitative estimate of drug-likeness (QED) is 0.654. The van der Waals surface area contributed by atoms with Crippen LogP contribution < -0.4 is 0 Å². The van der Waals surface area contributed by atoms with Gasteiger partial charge in [-0.05, 0) is 0 Å². The minimum absolute atomic E-state index is 0.253. The van der Waals surface area contributed by atoms with Crippen LogP contribution in [0.25, 0.3) is 0 Å². The molecule has 114 valence electrons. The Morgan fingerprint density at radius 2 is 1.53 bits per heavy atom. The van der Waals surface area contributed by atoms with Gasteiger partial charge in [-0.1, -0.05) is 11.8 Å². The van der Waals surface area contributed by atoms with Gasteiger partial charge in [0.2, 0.25) is 6.43 Å². The number of rotatable bonds is 7. The van der Waals surface area contributed by atoms with Gasteiger partial charge < -0.3 is 0 Å². The molecule has 1 nitrogen and oxygen atoms in total. The Labute approximate surface area is 107 Å². The molecule has 0 N–H and O–H groups in total. The molecule has 0 saturated carbocycles. The molecule has 0 saturated heterocycles. The molecule has 0 atom stereocenters. The number of hydrogen-bond donors (Lipinski definition) is 0. The van der Waals surface area contributed by atoms with E-state index < -0.39 is 47.9 Å². The second-order valence-corrected chi connectivity index (χ2v) is 4.94. The molecule has 0 aliphatic carbocycles. The van der Waals surface area contributed by atoms with Gasteiger partial charge in [-0.3, -0.25) is 4.79 Å². The Bertz CT molecular complexity index is 317. The third-order valence-electron chi connectivity index (χ3n) is 2.05. The Hall–Kier alpha value is -0.540. The van der Waals surface area contributed by atoms with Crippen LogP contribution >= 0.6 is 11.8 Å². The molecule has 0 spiro atoms.